The normalized spacial score (nSPS) is 9.42. The van der Waals surface area contributed by atoms with Crippen molar-refractivity contribution < 1.29 is 9.84 Å². The molecule has 0 saturated carbocycles. The number of hydrogen-bond donors (Lipinski definition) is 2. The zero-order valence-electron chi connectivity index (χ0n) is 6.57. The average molecular weight is 183 g/mol. The van der Waals surface area contributed by atoms with E-state index in [1.165, 1.54) is 7.11 Å². The molecule has 12 heavy (non-hydrogen) atoms. The number of aromatic hydroxyl groups is 1. The first-order chi connectivity index (χ1) is 5.66. The third kappa shape index (κ3) is 1.48. The molecule has 0 unspecified atom stereocenters. The minimum Gasteiger partial charge on any atom is -0.504 e. The van der Waals surface area contributed by atoms with Gasteiger partial charge in [0.05, 0.1) is 12.7 Å². The maximum atomic E-state index is 9.47. The van der Waals surface area contributed by atoms with Crippen molar-refractivity contribution in [2.24, 2.45) is 5.73 Å². The van der Waals surface area contributed by atoms with Crippen LogP contribution in [0.25, 0.3) is 0 Å². The molecule has 4 heteroatoms. The Morgan fingerprint density at radius 1 is 1.58 bits per heavy atom. The quantitative estimate of drug-likeness (QED) is 0.672. The zero-order valence-corrected chi connectivity index (χ0v) is 7.39. The molecule has 0 bridgehead atoms. The topological polar surface area (TPSA) is 55.5 Å². The van der Waals surface area contributed by atoms with Crippen LogP contribution >= 0.6 is 12.2 Å². The van der Waals surface area contributed by atoms with E-state index in [2.05, 4.69) is 0 Å². The van der Waals surface area contributed by atoms with Gasteiger partial charge in [-0.2, -0.15) is 0 Å². The summed E-state index contributed by atoms with van der Waals surface area (Å²) in [6.07, 6.45) is 0. The van der Waals surface area contributed by atoms with Crippen molar-refractivity contribution in [2.45, 2.75) is 0 Å². The van der Waals surface area contributed by atoms with Crippen LogP contribution < -0.4 is 10.5 Å². The van der Waals surface area contributed by atoms with Crippen molar-refractivity contribution in [2.75, 3.05) is 7.11 Å². The molecule has 0 amide bonds. The van der Waals surface area contributed by atoms with Crippen LogP contribution in [0.5, 0.6) is 11.5 Å². The summed E-state index contributed by atoms with van der Waals surface area (Å²) >= 11 is 4.72. The standard InChI is InChI=1S/C8H9NO2S/c1-11-6-4-2-3-5(7(6)10)8(9)12/h2-4,10H,1H3,(H2,9,12). The summed E-state index contributed by atoms with van der Waals surface area (Å²) in [4.78, 5) is 0.159. The van der Waals surface area contributed by atoms with Crippen LogP contribution in [0.3, 0.4) is 0 Å². The van der Waals surface area contributed by atoms with Crippen LogP contribution in [0, 0.1) is 0 Å². The highest BCUT2D eigenvalue weighted by molar-refractivity contribution is 7.80. The number of thiocarbonyl (C=S) groups is 1. The van der Waals surface area contributed by atoms with Gasteiger partial charge in [0.1, 0.15) is 4.99 Å². The Kier molecular flexibility index (Phi) is 2.50. The molecule has 0 aliphatic carbocycles. The maximum absolute atomic E-state index is 9.47. The van der Waals surface area contributed by atoms with Crippen molar-refractivity contribution in [3.05, 3.63) is 23.8 Å². The van der Waals surface area contributed by atoms with Gasteiger partial charge in [-0.25, -0.2) is 0 Å². The van der Waals surface area contributed by atoms with Crippen LogP contribution in [0.4, 0.5) is 0 Å². The lowest BCUT2D eigenvalue weighted by atomic mass is 10.2. The summed E-state index contributed by atoms with van der Waals surface area (Å²) < 4.78 is 4.87. The molecule has 1 aromatic rings. The lowest BCUT2D eigenvalue weighted by Gasteiger charge is -2.06. The molecule has 0 aliphatic rings. The SMILES string of the molecule is COc1cccc(C(N)=S)c1O. The Balaban J connectivity index is 3.23. The predicted molar refractivity (Wildman–Crippen MR) is 50.5 cm³/mol. The highest BCUT2D eigenvalue weighted by atomic mass is 32.1. The van der Waals surface area contributed by atoms with E-state index in [-0.39, 0.29) is 10.7 Å². The predicted octanol–water partition coefficient (Wildman–Crippen LogP) is 1.03. The van der Waals surface area contributed by atoms with Crippen molar-refractivity contribution in [1.29, 1.82) is 0 Å². The van der Waals surface area contributed by atoms with E-state index in [0.717, 1.165) is 0 Å². The van der Waals surface area contributed by atoms with E-state index in [4.69, 9.17) is 22.7 Å². The number of benzene rings is 1. The number of rotatable bonds is 2. The number of para-hydroxylation sites is 1. The molecule has 3 N–H and O–H groups in total. The van der Waals surface area contributed by atoms with Gasteiger partial charge in [-0.3, -0.25) is 0 Å². The first kappa shape index (κ1) is 8.80. The summed E-state index contributed by atoms with van der Waals surface area (Å²) in [6.45, 7) is 0. The van der Waals surface area contributed by atoms with Crippen LogP contribution in [-0.4, -0.2) is 17.2 Å². The Hall–Kier alpha value is -1.29. The fourth-order valence-corrected chi connectivity index (χ4v) is 1.05. The molecule has 3 nitrogen and oxygen atoms in total. The lowest BCUT2D eigenvalue weighted by Crippen LogP contribution is -2.09. The van der Waals surface area contributed by atoms with Crippen LogP contribution in [0.1, 0.15) is 5.56 Å². The largest absolute Gasteiger partial charge is 0.504 e. The Morgan fingerprint density at radius 2 is 2.25 bits per heavy atom. The Labute approximate surface area is 75.8 Å². The molecule has 1 aromatic carbocycles. The molecule has 0 atom stereocenters. The molecule has 0 saturated heterocycles. The highest BCUT2D eigenvalue weighted by Gasteiger charge is 2.08. The molecular weight excluding hydrogens is 174 g/mol. The average Bonchev–Trinajstić information content (AvgIpc) is 2.04. The highest BCUT2D eigenvalue weighted by Crippen LogP contribution is 2.28. The summed E-state index contributed by atoms with van der Waals surface area (Å²) in [7, 11) is 1.47. The number of ether oxygens (including phenoxy) is 1. The van der Waals surface area contributed by atoms with E-state index in [9.17, 15) is 5.11 Å². The third-order valence-electron chi connectivity index (χ3n) is 1.48. The molecule has 0 radical (unpaired) electrons. The zero-order chi connectivity index (χ0) is 9.14. The van der Waals surface area contributed by atoms with Crippen molar-refractivity contribution in [3.8, 4) is 11.5 Å². The van der Waals surface area contributed by atoms with Gasteiger partial charge in [-0.15, -0.1) is 0 Å². The summed E-state index contributed by atoms with van der Waals surface area (Å²) in [5.74, 6) is 0.368. The molecule has 1 rings (SSSR count). The summed E-state index contributed by atoms with van der Waals surface area (Å²) in [5.41, 5.74) is 5.79. The fraction of sp³-hybridized carbons (Fsp3) is 0.125. The Morgan fingerprint density at radius 3 is 2.75 bits per heavy atom. The number of phenolic OH excluding ortho intramolecular Hbond substituents is 1. The van der Waals surface area contributed by atoms with E-state index in [1.807, 2.05) is 0 Å². The summed E-state index contributed by atoms with van der Waals surface area (Å²) in [6, 6.07) is 4.99. The van der Waals surface area contributed by atoms with Gasteiger partial charge in [0.25, 0.3) is 0 Å². The van der Waals surface area contributed by atoms with Gasteiger partial charge in [-0.1, -0.05) is 18.3 Å². The minimum atomic E-state index is -0.00694. The van der Waals surface area contributed by atoms with Gasteiger partial charge in [-0.05, 0) is 12.1 Å². The molecule has 64 valence electrons. The number of phenols is 1. The van der Waals surface area contributed by atoms with Gasteiger partial charge < -0.3 is 15.6 Å². The smallest absolute Gasteiger partial charge is 0.168 e. The van der Waals surface area contributed by atoms with Gasteiger partial charge in [0, 0.05) is 0 Å². The molecule has 0 fully saturated rings. The second kappa shape index (κ2) is 3.40. The Bertz CT molecular complexity index is 312. The number of nitrogens with two attached hydrogens (primary N) is 1. The molecule has 0 heterocycles. The minimum absolute atomic E-state index is 0.00694. The van der Waals surface area contributed by atoms with Gasteiger partial charge >= 0.3 is 0 Å². The molecular formula is C8H9NO2S. The molecule has 0 aromatic heterocycles. The molecule has 0 aliphatic heterocycles. The van der Waals surface area contributed by atoms with Crippen LogP contribution in [-0.2, 0) is 0 Å². The third-order valence-corrected chi connectivity index (χ3v) is 1.70. The monoisotopic (exact) mass is 183 g/mol. The van der Waals surface area contributed by atoms with Crippen molar-refractivity contribution >= 4 is 17.2 Å². The molecule has 0 spiro atoms. The number of hydrogen-bond acceptors (Lipinski definition) is 3. The first-order valence-electron chi connectivity index (χ1n) is 3.32. The second-order valence-corrected chi connectivity index (χ2v) is 2.66. The first-order valence-corrected chi connectivity index (χ1v) is 3.73. The van der Waals surface area contributed by atoms with Crippen molar-refractivity contribution in [3.63, 3.8) is 0 Å². The second-order valence-electron chi connectivity index (χ2n) is 2.22. The number of methoxy groups -OCH3 is 1. The van der Waals surface area contributed by atoms with Crippen LogP contribution in [0.2, 0.25) is 0 Å². The van der Waals surface area contributed by atoms with E-state index < -0.39 is 0 Å². The van der Waals surface area contributed by atoms with Gasteiger partial charge in [0.15, 0.2) is 11.5 Å². The van der Waals surface area contributed by atoms with Gasteiger partial charge in [0.2, 0.25) is 0 Å². The van der Waals surface area contributed by atoms with Crippen LogP contribution in [0.15, 0.2) is 18.2 Å². The van der Waals surface area contributed by atoms with Crippen molar-refractivity contribution in [1.82, 2.24) is 0 Å². The lowest BCUT2D eigenvalue weighted by molar-refractivity contribution is 0.373. The maximum Gasteiger partial charge on any atom is 0.168 e. The fourth-order valence-electron chi connectivity index (χ4n) is 0.886. The summed E-state index contributed by atoms with van der Waals surface area (Å²) in [5, 5.41) is 9.47. The van der Waals surface area contributed by atoms with E-state index >= 15 is 0 Å². The van der Waals surface area contributed by atoms with E-state index in [0.29, 0.717) is 11.3 Å². The van der Waals surface area contributed by atoms with E-state index in [1.54, 1.807) is 18.2 Å².